The molecule has 0 amide bonds. The Bertz CT molecular complexity index is 836. The number of carboxylic acid groups (broad SMARTS) is 1. The van der Waals surface area contributed by atoms with Gasteiger partial charge in [-0.05, 0) is 30.3 Å². The number of rotatable bonds is 4. The van der Waals surface area contributed by atoms with E-state index in [1.54, 1.807) is 0 Å². The summed E-state index contributed by atoms with van der Waals surface area (Å²) in [5.41, 5.74) is 4.18. The number of nitrogens with one attached hydrogen (secondary N) is 1. The van der Waals surface area contributed by atoms with Crippen LogP contribution < -0.4 is 10.5 Å². The molecular formula is C13H10F2N2O4S. The van der Waals surface area contributed by atoms with Crippen LogP contribution in [0.1, 0.15) is 10.4 Å². The molecule has 0 spiro atoms. The lowest BCUT2D eigenvalue weighted by Gasteiger charge is -2.10. The number of hydrogen-bond acceptors (Lipinski definition) is 4. The number of anilines is 2. The van der Waals surface area contributed by atoms with Crippen LogP contribution >= 0.6 is 0 Å². The normalized spacial score (nSPS) is 11.2. The predicted molar refractivity (Wildman–Crippen MR) is 75.0 cm³/mol. The molecule has 0 fully saturated rings. The van der Waals surface area contributed by atoms with E-state index in [2.05, 4.69) is 0 Å². The molecule has 0 saturated carbocycles. The van der Waals surface area contributed by atoms with Gasteiger partial charge in [-0.25, -0.2) is 22.0 Å². The standard InChI is InChI=1S/C13H10F2N2O4S/c14-10-6-12(11(15)5-9(10)13(18)19)17-22(20,21)8-3-1-7(16)2-4-8/h1-6,17H,16H2,(H,18,19). The summed E-state index contributed by atoms with van der Waals surface area (Å²) in [6, 6.07) is 5.92. The van der Waals surface area contributed by atoms with Crippen molar-refractivity contribution < 1.29 is 27.1 Å². The van der Waals surface area contributed by atoms with Gasteiger partial charge in [-0.15, -0.1) is 0 Å². The van der Waals surface area contributed by atoms with Gasteiger partial charge >= 0.3 is 5.97 Å². The first-order valence-corrected chi connectivity index (χ1v) is 7.30. The van der Waals surface area contributed by atoms with Crippen molar-refractivity contribution in [2.75, 3.05) is 10.5 Å². The Morgan fingerprint density at radius 1 is 1.09 bits per heavy atom. The first kappa shape index (κ1) is 15.7. The Labute approximate surface area is 124 Å². The molecule has 0 radical (unpaired) electrons. The first-order chi connectivity index (χ1) is 10.2. The van der Waals surface area contributed by atoms with Crippen molar-refractivity contribution in [3.05, 3.63) is 53.6 Å². The van der Waals surface area contributed by atoms with Gasteiger partial charge in [0, 0.05) is 11.8 Å². The zero-order valence-corrected chi connectivity index (χ0v) is 11.7. The Kier molecular flexibility index (Phi) is 4.00. The number of hydrogen-bond donors (Lipinski definition) is 3. The zero-order valence-electron chi connectivity index (χ0n) is 10.9. The van der Waals surface area contributed by atoms with E-state index in [9.17, 15) is 22.0 Å². The average Bonchev–Trinajstić information content (AvgIpc) is 2.42. The SMILES string of the molecule is Nc1ccc(S(=O)(=O)Nc2cc(F)c(C(=O)O)cc2F)cc1. The third kappa shape index (κ3) is 3.14. The Hall–Kier alpha value is -2.68. The molecule has 22 heavy (non-hydrogen) atoms. The Morgan fingerprint density at radius 2 is 1.68 bits per heavy atom. The molecule has 0 unspecified atom stereocenters. The van der Waals surface area contributed by atoms with E-state index >= 15 is 0 Å². The van der Waals surface area contributed by atoms with E-state index < -0.39 is 38.9 Å². The highest BCUT2D eigenvalue weighted by molar-refractivity contribution is 7.92. The van der Waals surface area contributed by atoms with E-state index in [0.717, 1.165) is 0 Å². The van der Waals surface area contributed by atoms with Gasteiger partial charge in [0.15, 0.2) is 0 Å². The molecule has 0 atom stereocenters. The van der Waals surface area contributed by atoms with Crippen LogP contribution in [0.5, 0.6) is 0 Å². The second kappa shape index (κ2) is 5.60. The smallest absolute Gasteiger partial charge is 0.338 e. The van der Waals surface area contributed by atoms with Crippen LogP contribution in [0.25, 0.3) is 0 Å². The molecular weight excluding hydrogens is 318 g/mol. The van der Waals surface area contributed by atoms with Crippen molar-refractivity contribution in [1.82, 2.24) is 0 Å². The molecule has 0 aliphatic heterocycles. The highest BCUT2D eigenvalue weighted by atomic mass is 32.2. The summed E-state index contributed by atoms with van der Waals surface area (Å²) in [6.45, 7) is 0. The number of sulfonamides is 1. The Morgan fingerprint density at radius 3 is 2.23 bits per heavy atom. The van der Waals surface area contributed by atoms with Crippen molar-refractivity contribution in [3.63, 3.8) is 0 Å². The van der Waals surface area contributed by atoms with Crippen molar-refractivity contribution in [3.8, 4) is 0 Å². The number of carbonyl (C=O) groups is 1. The molecule has 2 aromatic rings. The van der Waals surface area contributed by atoms with Crippen LogP contribution in [0.3, 0.4) is 0 Å². The molecule has 0 heterocycles. The van der Waals surface area contributed by atoms with Gasteiger partial charge in [-0.2, -0.15) is 0 Å². The minimum Gasteiger partial charge on any atom is -0.478 e. The van der Waals surface area contributed by atoms with E-state index in [4.69, 9.17) is 10.8 Å². The monoisotopic (exact) mass is 328 g/mol. The minimum atomic E-state index is -4.16. The lowest BCUT2D eigenvalue weighted by atomic mass is 10.2. The molecule has 116 valence electrons. The summed E-state index contributed by atoms with van der Waals surface area (Å²) in [7, 11) is -4.16. The first-order valence-electron chi connectivity index (χ1n) is 5.81. The topological polar surface area (TPSA) is 109 Å². The summed E-state index contributed by atoms with van der Waals surface area (Å²) in [5.74, 6) is -4.13. The summed E-state index contributed by atoms with van der Waals surface area (Å²) in [6.07, 6.45) is 0. The third-order valence-corrected chi connectivity index (χ3v) is 4.10. The van der Waals surface area contributed by atoms with Crippen molar-refractivity contribution in [2.45, 2.75) is 4.90 Å². The van der Waals surface area contributed by atoms with Gasteiger partial charge in [-0.3, -0.25) is 4.72 Å². The number of carboxylic acids is 1. The zero-order chi connectivity index (χ0) is 16.5. The molecule has 0 bridgehead atoms. The van der Waals surface area contributed by atoms with Crippen molar-refractivity contribution in [1.29, 1.82) is 0 Å². The van der Waals surface area contributed by atoms with E-state index in [1.165, 1.54) is 24.3 Å². The molecule has 0 aliphatic carbocycles. The van der Waals surface area contributed by atoms with Gasteiger partial charge < -0.3 is 10.8 Å². The van der Waals surface area contributed by atoms with Crippen LogP contribution in [0.15, 0.2) is 41.3 Å². The quantitative estimate of drug-likeness (QED) is 0.744. The van der Waals surface area contributed by atoms with Crippen molar-refractivity contribution >= 4 is 27.4 Å². The predicted octanol–water partition coefficient (Wildman–Crippen LogP) is 2.05. The van der Waals surface area contributed by atoms with Crippen LogP contribution in [0.4, 0.5) is 20.2 Å². The fourth-order valence-electron chi connectivity index (χ4n) is 1.64. The molecule has 4 N–H and O–H groups in total. The van der Waals surface area contributed by atoms with Gasteiger partial charge in [0.25, 0.3) is 10.0 Å². The number of aromatic carboxylic acids is 1. The maximum absolute atomic E-state index is 13.7. The summed E-state index contributed by atoms with van der Waals surface area (Å²) >= 11 is 0. The van der Waals surface area contributed by atoms with Crippen molar-refractivity contribution in [2.24, 2.45) is 0 Å². The van der Waals surface area contributed by atoms with Gasteiger partial charge in [-0.1, -0.05) is 0 Å². The summed E-state index contributed by atoms with van der Waals surface area (Å²) < 4.78 is 53.2. The largest absolute Gasteiger partial charge is 0.478 e. The minimum absolute atomic E-state index is 0.205. The fraction of sp³-hybridized carbons (Fsp3) is 0. The van der Waals surface area contributed by atoms with Crippen LogP contribution in [0, 0.1) is 11.6 Å². The second-order valence-electron chi connectivity index (χ2n) is 4.29. The lowest BCUT2D eigenvalue weighted by Crippen LogP contribution is -2.15. The van der Waals surface area contributed by atoms with E-state index in [0.29, 0.717) is 17.8 Å². The van der Waals surface area contributed by atoms with E-state index in [-0.39, 0.29) is 4.90 Å². The van der Waals surface area contributed by atoms with Gasteiger partial charge in [0.1, 0.15) is 11.6 Å². The average molecular weight is 328 g/mol. The molecule has 0 aromatic heterocycles. The molecule has 6 nitrogen and oxygen atoms in total. The van der Waals surface area contributed by atoms with Gasteiger partial charge in [0.2, 0.25) is 0 Å². The second-order valence-corrected chi connectivity index (χ2v) is 5.97. The maximum atomic E-state index is 13.7. The van der Waals surface area contributed by atoms with E-state index in [1.807, 2.05) is 4.72 Å². The number of nitrogen functional groups attached to an aromatic ring is 1. The molecule has 2 rings (SSSR count). The lowest BCUT2D eigenvalue weighted by molar-refractivity contribution is 0.0691. The fourth-order valence-corrected chi connectivity index (χ4v) is 2.70. The molecule has 0 saturated heterocycles. The molecule has 9 heteroatoms. The Balaban J connectivity index is 2.40. The number of halogens is 2. The number of nitrogens with two attached hydrogens (primary N) is 1. The third-order valence-electron chi connectivity index (χ3n) is 2.72. The highest BCUT2D eigenvalue weighted by Crippen LogP contribution is 2.23. The summed E-state index contributed by atoms with van der Waals surface area (Å²) in [5, 5.41) is 8.66. The summed E-state index contributed by atoms with van der Waals surface area (Å²) in [4.78, 5) is 10.5. The van der Waals surface area contributed by atoms with Crippen LogP contribution in [-0.2, 0) is 10.0 Å². The maximum Gasteiger partial charge on any atom is 0.338 e. The van der Waals surface area contributed by atoms with Gasteiger partial charge in [0.05, 0.1) is 16.1 Å². The number of benzene rings is 2. The van der Waals surface area contributed by atoms with Crippen LogP contribution in [0.2, 0.25) is 0 Å². The molecule has 2 aromatic carbocycles. The highest BCUT2D eigenvalue weighted by Gasteiger charge is 2.20. The van der Waals surface area contributed by atoms with Crippen LogP contribution in [-0.4, -0.2) is 19.5 Å². The molecule has 0 aliphatic rings.